The minimum atomic E-state index is 0.516. The fourth-order valence-corrected chi connectivity index (χ4v) is 2.41. The number of aryl methyl sites for hydroxylation is 1. The van der Waals surface area contributed by atoms with E-state index in [0.29, 0.717) is 6.10 Å². The molecule has 0 amide bonds. The van der Waals surface area contributed by atoms with Crippen LogP contribution in [0.1, 0.15) is 37.7 Å². The lowest BCUT2D eigenvalue weighted by Crippen LogP contribution is -2.20. The first-order valence-corrected chi connectivity index (χ1v) is 6.77. The molecule has 0 spiro atoms. The zero-order valence-corrected chi connectivity index (χ0v) is 10.7. The Hall–Kier alpha value is -1.02. The second kappa shape index (κ2) is 6.65. The third-order valence-electron chi connectivity index (χ3n) is 3.47. The van der Waals surface area contributed by atoms with Crippen LogP contribution >= 0.6 is 0 Å². The molecule has 1 aliphatic rings. The highest BCUT2D eigenvalue weighted by atomic mass is 16.5. The summed E-state index contributed by atoms with van der Waals surface area (Å²) in [5.41, 5.74) is 2.52. The van der Waals surface area contributed by atoms with Crippen LogP contribution in [0, 0.1) is 6.92 Å². The van der Waals surface area contributed by atoms with Gasteiger partial charge in [-0.1, -0.05) is 37.5 Å². The van der Waals surface area contributed by atoms with E-state index in [1.807, 2.05) is 0 Å². The molecular weight excluding hydrogens is 210 g/mol. The van der Waals surface area contributed by atoms with Crippen molar-refractivity contribution in [3.63, 3.8) is 0 Å². The summed E-state index contributed by atoms with van der Waals surface area (Å²) in [4.78, 5) is 0. The Morgan fingerprint density at radius 3 is 2.71 bits per heavy atom. The topological polar surface area (TPSA) is 21.3 Å². The van der Waals surface area contributed by atoms with Gasteiger partial charge in [0.05, 0.1) is 12.7 Å². The smallest absolute Gasteiger partial charge is 0.0642 e. The van der Waals surface area contributed by atoms with Crippen LogP contribution in [0.3, 0.4) is 0 Å². The van der Waals surface area contributed by atoms with Gasteiger partial charge in [-0.3, -0.25) is 0 Å². The predicted molar refractivity (Wildman–Crippen MR) is 72.5 cm³/mol. The second-order valence-corrected chi connectivity index (χ2v) is 4.87. The van der Waals surface area contributed by atoms with Crippen LogP contribution in [0.2, 0.25) is 0 Å². The van der Waals surface area contributed by atoms with Crippen molar-refractivity contribution in [3.05, 3.63) is 29.8 Å². The van der Waals surface area contributed by atoms with E-state index in [1.54, 1.807) is 0 Å². The number of nitrogens with one attached hydrogen (secondary N) is 1. The van der Waals surface area contributed by atoms with E-state index < -0.39 is 0 Å². The highest BCUT2D eigenvalue weighted by Crippen LogP contribution is 2.20. The monoisotopic (exact) mass is 233 g/mol. The van der Waals surface area contributed by atoms with E-state index in [2.05, 4.69) is 36.5 Å². The number of benzene rings is 1. The summed E-state index contributed by atoms with van der Waals surface area (Å²) in [5, 5.41) is 3.43. The highest BCUT2D eigenvalue weighted by Gasteiger charge is 2.12. The molecule has 0 aliphatic heterocycles. The van der Waals surface area contributed by atoms with Gasteiger partial charge in [0, 0.05) is 12.2 Å². The summed E-state index contributed by atoms with van der Waals surface area (Å²) in [6.07, 6.45) is 7.10. The van der Waals surface area contributed by atoms with Gasteiger partial charge >= 0.3 is 0 Å². The average Bonchev–Trinajstić information content (AvgIpc) is 2.38. The Bertz CT molecular complexity index is 331. The van der Waals surface area contributed by atoms with E-state index in [9.17, 15) is 0 Å². The van der Waals surface area contributed by atoms with E-state index in [0.717, 1.165) is 13.2 Å². The largest absolute Gasteiger partial charge is 0.383 e. The molecule has 0 saturated heterocycles. The zero-order valence-electron chi connectivity index (χ0n) is 10.7. The molecule has 2 nitrogen and oxygen atoms in total. The van der Waals surface area contributed by atoms with Gasteiger partial charge in [-0.05, 0) is 31.4 Å². The number of para-hydroxylation sites is 1. The molecule has 0 heterocycles. The van der Waals surface area contributed by atoms with Crippen LogP contribution in [0.15, 0.2) is 24.3 Å². The van der Waals surface area contributed by atoms with E-state index >= 15 is 0 Å². The van der Waals surface area contributed by atoms with Crippen molar-refractivity contribution in [1.82, 2.24) is 0 Å². The molecular formula is C15H23NO. The first-order chi connectivity index (χ1) is 8.36. The van der Waals surface area contributed by atoms with E-state index in [1.165, 1.54) is 43.4 Å². The quantitative estimate of drug-likeness (QED) is 0.782. The molecule has 94 valence electrons. The van der Waals surface area contributed by atoms with Crippen LogP contribution in [-0.2, 0) is 4.74 Å². The molecule has 1 saturated carbocycles. The molecule has 0 radical (unpaired) electrons. The van der Waals surface area contributed by atoms with Crippen molar-refractivity contribution < 1.29 is 4.74 Å². The van der Waals surface area contributed by atoms with Crippen LogP contribution in [-0.4, -0.2) is 19.3 Å². The highest BCUT2D eigenvalue weighted by molar-refractivity contribution is 5.50. The molecule has 0 atom stereocenters. The third-order valence-corrected chi connectivity index (χ3v) is 3.47. The van der Waals surface area contributed by atoms with Gasteiger partial charge in [-0.15, -0.1) is 0 Å². The summed E-state index contributed by atoms with van der Waals surface area (Å²) < 4.78 is 5.88. The van der Waals surface area contributed by atoms with Crippen molar-refractivity contribution >= 4 is 5.69 Å². The first-order valence-electron chi connectivity index (χ1n) is 6.77. The Kier molecular flexibility index (Phi) is 4.87. The van der Waals surface area contributed by atoms with Crippen molar-refractivity contribution in [2.75, 3.05) is 18.5 Å². The number of rotatable bonds is 5. The second-order valence-electron chi connectivity index (χ2n) is 4.87. The van der Waals surface area contributed by atoms with Gasteiger partial charge in [-0.2, -0.15) is 0 Å². The van der Waals surface area contributed by atoms with Crippen LogP contribution < -0.4 is 5.32 Å². The molecule has 17 heavy (non-hydrogen) atoms. The Morgan fingerprint density at radius 2 is 1.94 bits per heavy atom. The molecule has 1 fully saturated rings. The third kappa shape index (κ3) is 4.04. The molecule has 1 aromatic carbocycles. The van der Waals surface area contributed by atoms with Gasteiger partial charge < -0.3 is 10.1 Å². The van der Waals surface area contributed by atoms with Crippen LogP contribution in [0.4, 0.5) is 5.69 Å². The fraction of sp³-hybridized carbons (Fsp3) is 0.600. The molecule has 2 heteroatoms. The predicted octanol–water partition coefficient (Wildman–Crippen LogP) is 3.76. The van der Waals surface area contributed by atoms with Gasteiger partial charge in [0.1, 0.15) is 0 Å². The zero-order chi connectivity index (χ0) is 11.9. The molecule has 0 unspecified atom stereocenters. The summed E-state index contributed by atoms with van der Waals surface area (Å²) in [5.74, 6) is 0. The molecule has 1 N–H and O–H groups in total. The summed E-state index contributed by atoms with van der Waals surface area (Å²) >= 11 is 0. The number of ether oxygens (including phenoxy) is 1. The normalized spacial score (nSPS) is 17.0. The van der Waals surface area contributed by atoms with Crippen LogP contribution in [0.25, 0.3) is 0 Å². The maximum Gasteiger partial charge on any atom is 0.0642 e. The molecule has 1 aliphatic carbocycles. The van der Waals surface area contributed by atoms with Gasteiger partial charge in [0.2, 0.25) is 0 Å². The van der Waals surface area contributed by atoms with Crippen molar-refractivity contribution in [3.8, 4) is 0 Å². The molecule has 2 rings (SSSR count). The maximum atomic E-state index is 5.88. The van der Waals surface area contributed by atoms with Crippen molar-refractivity contribution in [2.24, 2.45) is 0 Å². The van der Waals surface area contributed by atoms with Crippen molar-refractivity contribution in [2.45, 2.75) is 45.1 Å². The number of hydrogen-bond donors (Lipinski definition) is 1. The maximum absolute atomic E-state index is 5.88. The van der Waals surface area contributed by atoms with Gasteiger partial charge in [-0.25, -0.2) is 0 Å². The lowest BCUT2D eigenvalue weighted by Gasteiger charge is -2.22. The molecule has 1 aromatic rings. The van der Waals surface area contributed by atoms with Gasteiger partial charge in [0.15, 0.2) is 0 Å². The first kappa shape index (κ1) is 12.4. The van der Waals surface area contributed by atoms with E-state index in [4.69, 9.17) is 4.74 Å². The minimum absolute atomic E-state index is 0.516. The summed E-state index contributed by atoms with van der Waals surface area (Å²) in [6, 6.07) is 8.39. The van der Waals surface area contributed by atoms with Crippen molar-refractivity contribution in [1.29, 1.82) is 0 Å². The summed E-state index contributed by atoms with van der Waals surface area (Å²) in [6.45, 7) is 3.85. The van der Waals surface area contributed by atoms with Gasteiger partial charge in [0.25, 0.3) is 0 Å². The number of hydrogen-bond acceptors (Lipinski definition) is 2. The number of anilines is 1. The Balaban J connectivity index is 1.64. The Labute approximate surface area is 104 Å². The molecule has 0 aromatic heterocycles. The van der Waals surface area contributed by atoms with E-state index in [-0.39, 0.29) is 0 Å². The lowest BCUT2D eigenvalue weighted by atomic mass is 9.98. The molecule has 0 bridgehead atoms. The lowest BCUT2D eigenvalue weighted by molar-refractivity contribution is 0.0347. The minimum Gasteiger partial charge on any atom is -0.383 e. The average molecular weight is 233 g/mol. The fourth-order valence-electron chi connectivity index (χ4n) is 2.41. The summed E-state index contributed by atoms with van der Waals surface area (Å²) in [7, 11) is 0. The SMILES string of the molecule is Cc1ccccc1NCCOC1CCCCC1. The Morgan fingerprint density at radius 1 is 1.18 bits per heavy atom. The van der Waals surface area contributed by atoms with Crippen LogP contribution in [0.5, 0.6) is 0 Å². The standard InChI is InChI=1S/C15H23NO/c1-13-7-5-6-10-15(13)16-11-12-17-14-8-3-2-4-9-14/h5-7,10,14,16H,2-4,8-9,11-12H2,1H3.